The lowest BCUT2D eigenvalue weighted by atomic mass is 9.97. The van der Waals surface area contributed by atoms with Crippen molar-refractivity contribution in [3.8, 4) is 0 Å². The van der Waals surface area contributed by atoms with Crippen LogP contribution in [-0.2, 0) is 24.1 Å². The van der Waals surface area contributed by atoms with Crippen LogP contribution in [0.4, 0.5) is 0 Å². The molecule has 0 saturated carbocycles. The van der Waals surface area contributed by atoms with Crippen LogP contribution >= 0.6 is 0 Å². The molecule has 3 aromatic rings. The quantitative estimate of drug-likeness (QED) is 0.341. The summed E-state index contributed by atoms with van der Waals surface area (Å²) in [6.07, 6.45) is 12.7. The van der Waals surface area contributed by atoms with Crippen LogP contribution in [0.25, 0.3) is 18.7 Å². The Morgan fingerprint density at radius 1 is 0.871 bits per heavy atom. The molecule has 0 fully saturated rings. The summed E-state index contributed by atoms with van der Waals surface area (Å²) in [5.74, 6) is 0. The summed E-state index contributed by atoms with van der Waals surface area (Å²) in [6, 6.07) is 25.4. The van der Waals surface area contributed by atoms with Gasteiger partial charge in [0.1, 0.15) is 6.29 Å². The van der Waals surface area contributed by atoms with Gasteiger partial charge in [0.15, 0.2) is 0 Å². The van der Waals surface area contributed by atoms with Gasteiger partial charge < -0.3 is 0 Å². The molecule has 0 N–H and O–H groups in total. The first-order valence-corrected chi connectivity index (χ1v) is 10.8. The van der Waals surface area contributed by atoms with Crippen LogP contribution in [0.2, 0.25) is 0 Å². The van der Waals surface area contributed by atoms with Crippen LogP contribution in [0.5, 0.6) is 0 Å². The summed E-state index contributed by atoms with van der Waals surface area (Å²) < 4.78 is 0. The van der Waals surface area contributed by atoms with Gasteiger partial charge in [0.2, 0.25) is 0 Å². The molecule has 31 heavy (non-hydrogen) atoms. The summed E-state index contributed by atoms with van der Waals surface area (Å²) in [5, 5.41) is 2.23. The van der Waals surface area contributed by atoms with E-state index in [0.717, 1.165) is 42.8 Å². The van der Waals surface area contributed by atoms with Crippen LogP contribution in [-0.4, -0.2) is 6.29 Å². The lowest BCUT2D eigenvalue weighted by Crippen LogP contribution is -2.21. The monoisotopic (exact) mass is 406 g/mol. The van der Waals surface area contributed by atoms with Crippen molar-refractivity contribution in [1.29, 1.82) is 0 Å². The number of aryl methyl sites for hydroxylation is 3. The van der Waals surface area contributed by atoms with Crippen LogP contribution < -0.4 is 10.4 Å². The topological polar surface area (TPSA) is 17.1 Å². The second kappa shape index (κ2) is 11.7. The van der Waals surface area contributed by atoms with E-state index in [0.29, 0.717) is 0 Å². The fraction of sp³-hybridized carbons (Fsp3) is 0.167. The van der Waals surface area contributed by atoms with E-state index in [1.54, 1.807) is 6.08 Å². The number of hydrogen-bond acceptors (Lipinski definition) is 1. The summed E-state index contributed by atoms with van der Waals surface area (Å²) in [5.41, 5.74) is 6.48. The number of benzene rings is 3. The molecule has 0 radical (unpaired) electrons. The molecule has 0 aromatic heterocycles. The highest BCUT2D eigenvalue weighted by Gasteiger charge is 2.02. The minimum absolute atomic E-state index is 0.826. The predicted molar refractivity (Wildman–Crippen MR) is 133 cm³/mol. The Hall–Kier alpha value is -3.45. The average molecular weight is 407 g/mol. The van der Waals surface area contributed by atoms with Crippen molar-refractivity contribution < 1.29 is 4.79 Å². The van der Waals surface area contributed by atoms with Gasteiger partial charge in [-0.15, -0.1) is 0 Å². The minimum atomic E-state index is 0.826. The van der Waals surface area contributed by atoms with E-state index in [1.807, 2.05) is 30.3 Å². The second-order valence-electron chi connectivity index (χ2n) is 7.89. The summed E-state index contributed by atoms with van der Waals surface area (Å²) in [4.78, 5) is 10.6. The Kier molecular flexibility index (Phi) is 8.37. The zero-order valence-corrected chi connectivity index (χ0v) is 18.3. The molecule has 156 valence electrons. The van der Waals surface area contributed by atoms with Crippen LogP contribution in [0.1, 0.15) is 35.6 Å². The fourth-order valence-electron chi connectivity index (χ4n) is 3.64. The number of rotatable bonds is 9. The van der Waals surface area contributed by atoms with Crippen molar-refractivity contribution >= 4 is 25.0 Å². The van der Waals surface area contributed by atoms with Crippen LogP contribution in [0, 0.1) is 0 Å². The molecule has 0 aliphatic carbocycles. The Morgan fingerprint density at radius 2 is 1.61 bits per heavy atom. The SMILES string of the molecule is C=c1cccc/c1=C/C=C(\C)CCc1cccc(CCc2ccccc2/C=C/C=O)c1. The molecule has 0 amide bonds. The van der Waals surface area contributed by atoms with Gasteiger partial charge in [0, 0.05) is 0 Å². The Balaban J connectivity index is 1.61. The van der Waals surface area contributed by atoms with Crippen molar-refractivity contribution in [1.82, 2.24) is 0 Å². The standard InChI is InChI=1S/C30H30O/c1-24(17-20-28-12-4-3-9-25(28)2)16-18-26-10-7-11-27(23-26)19-21-30-14-6-5-13-29(30)15-8-22-31/h3-15,17,20,22-23H,2,16,18-19,21H2,1H3/b15-8+,24-17+,28-20-. The molecule has 1 nitrogen and oxygen atoms in total. The van der Waals surface area contributed by atoms with Gasteiger partial charge in [0.25, 0.3) is 0 Å². The maximum atomic E-state index is 10.6. The highest BCUT2D eigenvalue weighted by Crippen LogP contribution is 2.16. The summed E-state index contributed by atoms with van der Waals surface area (Å²) >= 11 is 0. The highest BCUT2D eigenvalue weighted by atomic mass is 16.1. The van der Waals surface area contributed by atoms with Gasteiger partial charge in [-0.2, -0.15) is 0 Å². The van der Waals surface area contributed by atoms with Crippen molar-refractivity contribution in [3.63, 3.8) is 0 Å². The molecule has 0 aliphatic heterocycles. The third-order valence-corrected chi connectivity index (χ3v) is 5.49. The molecular formula is C30H30O. The van der Waals surface area contributed by atoms with Gasteiger partial charge in [-0.05, 0) is 71.4 Å². The number of aldehydes is 1. The first-order valence-electron chi connectivity index (χ1n) is 10.8. The molecule has 0 aliphatic rings. The molecule has 3 rings (SSSR count). The van der Waals surface area contributed by atoms with E-state index in [9.17, 15) is 4.79 Å². The van der Waals surface area contributed by atoms with Gasteiger partial charge >= 0.3 is 0 Å². The molecule has 0 atom stereocenters. The maximum absolute atomic E-state index is 10.6. The first kappa shape index (κ1) is 22.2. The van der Waals surface area contributed by atoms with E-state index < -0.39 is 0 Å². The van der Waals surface area contributed by atoms with E-state index in [-0.39, 0.29) is 0 Å². The number of hydrogen-bond donors (Lipinski definition) is 0. The van der Waals surface area contributed by atoms with E-state index >= 15 is 0 Å². The Bertz CT molecular complexity index is 1180. The minimum Gasteiger partial charge on any atom is -0.299 e. The zero-order chi connectivity index (χ0) is 21.9. The largest absolute Gasteiger partial charge is 0.299 e. The zero-order valence-electron chi connectivity index (χ0n) is 18.3. The third kappa shape index (κ3) is 7.08. The first-order chi connectivity index (χ1) is 15.2. The van der Waals surface area contributed by atoms with E-state index in [4.69, 9.17) is 0 Å². The van der Waals surface area contributed by atoms with Crippen molar-refractivity contribution in [2.75, 3.05) is 0 Å². The van der Waals surface area contributed by atoms with Crippen molar-refractivity contribution in [2.45, 2.75) is 32.6 Å². The second-order valence-corrected chi connectivity index (χ2v) is 7.89. The van der Waals surface area contributed by atoms with Gasteiger partial charge in [0.05, 0.1) is 0 Å². The van der Waals surface area contributed by atoms with Crippen LogP contribution in [0.15, 0.2) is 90.5 Å². The Labute approximate surface area is 185 Å². The maximum Gasteiger partial charge on any atom is 0.142 e. The van der Waals surface area contributed by atoms with E-state index in [1.165, 1.54) is 27.5 Å². The van der Waals surface area contributed by atoms with Gasteiger partial charge in [-0.1, -0.05) is 103 Å². The van der Waals surface area contributed by atoms with Crippen molar-refractivity contribution in [3.05, 3.63) is 123 Å². The molecular weight excluding hydrogens is 376 g/mol. The molecule has 0 heterocycles. The predicted octanol–water partition coefficient (Wildman–Crippen LogP) is 5.45. The Morgan fingerprint density at radius 3 is 2.42 bits per heavy atom. The smallest absolute Gasteiger partial charge is 0.142 e. The molecule has 0 bridgehead atoms. The third-order valence-electron chi connectivity index (χ3n) is 5.49. The lowest BCUT2D eigenvalue weighted by Gasteiger charge is -2.08. The number of carbonyl (C=O) groups is 1. The van der Waals surface area contributed by atoms with Gasteiger partial charge in [-0.25, -0.2) is 0 Å². The molecule has 0 spiro atoms. The summed E-state index contributed by atoms with van der Waals surface area (Å²) in [7, 11) is 0. The lowest BCUT2D eigenvalue weighted by molar-refractivity contribution is -0.104. The van der Waals surface area contributed by atoms with Crippen molar-refractivity contribution in [2.24, 2.45) is 0 Å². The molecule has 0 unspecified atom stereocenters. The fourth-order valence-corrected chi connectivity index (χ4v) is 3.64. The van der Waals surface area contributed by atoms with E-state index in [2.05, 4.69) is 74.2 Å². The average Bonchev–Trinajstić information content (AvgIpc) is 2.80. The summed E-state index contributed by atoms with van der Waals surface area (Å²) in [6.45, 7) is 6.27. The molecule has 1 heteroatoms. The number of carbonyl (C=O) groups excluding carboxylic acids is 1. The molecule has 0 saturated heterocycles. The highest BCUT2D eigenvalue weighted by molar-refractivity contribution is 5.74. The molecule has 3 aromatic carbocycles. The number of allylic oxidation sites excluding steroid dienone is 3. The van der Waals surface area contributed by atoms with Crippen LogP contribution in [0.3, 0.4) is 0 Å². The normalized spacial score (nSPS) is 12.4. The van der Waals surface area contributed by atoms with Gasteiger partial charge in [-0.3, -0.25) is 4.79 Å².